The van der Waals surface area contributed by atoms with Gasteiger partial charge in [0.25, 0.3) is 0 Å². The summed E-state index contributed by atoms with van der Waals surface area (Å²) < 4.78 is 17.8. The molecule has 0 aromatic heterocycles. The number of rotatable bonds is 2. The molecule has 0 saturated carbocycles. The normalized spacial score (nSPS) is 20.2. The Balaban J connectivity index is 2.20. The molecule has 0 spiro atoms. The lowest BCUT2D eigenvalue weighted by Gasteiger charge is -2.35. The van der Waals surface area contributed by atoms with Crippen LogP contribution in [0.15, 0.2) is 22.7 Å². The van der Waals surface area contributed by atoms with Crippen LogP contribution >= 0.6 is 15.9 Å². The molecule has 0 atom stereocenters. The molecule has 1 heterocycles. The average molecular weight is 301 g/mol. The minimum Gasteiger partial charge on any atom is -0.496 e. The molecule has 1 saturated heterocycles. The molecule has 0 amide bonds. The zero-order valence-electron chi connectivity index (χ0n) is 10.3. The maximum absolute atomic E-state index is 5.75. The van der Waals surface area contributed by atoms with E-state index < -0.39 is 0 Å². The molecule has 0 N–H and O–H groups in total. The van der Waals surface area contributed by atoms with E-state index in [1.165, 1.54) is 0 Å². The zero-order chi connectivity index (χ0) is 12.5. The second kappa shape index (κ2) is 4.96. The van der Waals surface area contributed by atoms with Gasteiger partial charge < -0.3 is 14.2 Å². The molecule has 1 aliphatic heterocycles. The lowest BCUT2D eigenvalue weighted by atomic mass is 9.95. The SMILES string of the molecule is COc1ccc(Br)cc1C1OCC(C)(C)CO1. The Bertz CT molecular complexity index is 394. The maximum Gasteiger partial charge on any atom is 0.187 e. The smallest absolute Gasteiger partial charge is 0.187 e. The van der Waals surface area contributed by atoms with Crippen LogP contribution in [-0.2, 0) is 9.47 Å². The summed E-state index contributed by atoms with van der Waals surface area (Å²) in [6, 6.07) is 5.82. The van der Waals surface area contributed by atoms with Gasteiger partial charge in [0.05, 0.1) is 25.9 Å². The number of halogens is 1. The molecule has 0 bridgehead atoms. The predicted molar refractivity (Wildman–Crippen MR) is 69.1 cm³/mol. The van der Waals surface area contributed by atoms with Gasteiger partial charge in [-0.25, -0.2) is 0 Å². The Hall–Kier alpha value is -0.580. The van der Waals surface area contributed by atoms with E-state index in [0.29, 0.717) is 13.2 Å². The van der Waals surface area contributed by atoms with Crippen molar-refractivity contribution in [3.8, 4) is 5.75 Å². The third kappa shape index (κ3) is 3.00. The summed E-state index contributed by atoms with van der Waals surface area (Å²) in [5.41, 5.74) is 1.01. The monoisotopic (exact) mass is 300 g/mol. The second-order valence-corrected chi connectivity index (χ2v) is 5.92. The van der Waals surface area contributed by atoms with Gasteiger partial charge in [-0.2, -0.15) is 0 Å². The molecule has 1 aliphatic rings. The van der Waals surface area contributed by atoms with Gasteiger partial charge in [0.15, 0.2) is 6.29 Å². The van der Waals surface area contributed by atoms with Crippen LogP contribution in [0, 0.1) is 5.41 Å². The lowest BCUT2D eigenvalue weighted by Crippen LogP contribution is -2.33. The van der Waals surface area contributed by atoms with Crippen molar-refractivity contribution < 1.29 is 14.2 Å². The Labute approximate surface area is 110 Å². The fraction of sp³-hybridized carbons (Fsp3) is 0.538. The fourth-order valence-electron chi connectivity index (χ4n) is 1.76. The molecular formula is C13H17BrO3. The molecule has 1 fully saturated rings. The zero-order valence-corrected chi connectivity index (χ0v) is 11.9. The van der Waals surface area contributed by atoms with Crippen LogP contribution in [0.25, 0.3) is 0 Å². The molecule has 0 aliphatic carbocycles. The molecule has 4 heteroatoms. The van der Waals surface area contributed by atoms with E-state index in [2.05, 4.69) is 29.8 Å². The van der Waals surface area contributed by atoms with Gasteiger partial charge in [-0.3, -0.25) is 0 Å². The standard InChI is InChI=1S/C13H17BrO3/c1-13(2)7-16-12(17-8-13)10-6-9(14)4-5-11(10)15-3/h4-6,12H,7-8H2,1-3H3. The van der Waals surface area contributed by atoms with E-state index in [-0.39, 0.29) is 11.7 Å². The maximum atomic E-state index is 5.75. The van der Waals surface area contributed by atoms with E-state index in [4.69, 9.17) is 14.2 Å². The Morgan fingerprint density at radius 3 is 2.53 bits per heavy atom. The highest BCUT2D eigenvalue weighted by Crippen LogP contribution is 2.36. The van der Waals surface area contributed by atoms with E-state index in [9.17, 15) is 0 Å². The van der Waals surface area contributed by atoms with Gasteiger partial charge in [0.2, 0.25) is 0 Å². The van der Waals surface area contributed by atoms with Crippen LogP contribution in [0.3, 0.4) is 0 Å². The first-order valence-electron chi connectivity index (χ1n) is 5.58. The topological polar surface area (TPSA) is 27.7 Å². The summed E-state index contributed by atoms with van der Waals surface area (Å²) >= 11 is 3.45. The lowest BCUT2D eigenvalue weighted by molar-refractivity contribution is -0.226. The van der Waals surface area contributed by atoms with Gasteiger partial charge in [-0.1, -0.05) is 29.8 Å². The van der Waals surface area contributed by atoms with Gasteiger partial charge >= 0.3 is 0 Å². The predicted octanol–water partition coefficient (Wildman–Crippen LogP) is 3.53. The number of methoxy groups -OCH3 is 1. The Kier molecular flexibility index (Phi) is 3.76. The van der Waals surface area contributed by atoms with Crippen LogP contribution < -0.4 is 4.74 Å². The Morgan fingerprint density at radius 1 is 1.29 bits per heavy atom. The number of benzene rings is 1. The molecule has 1 aromatic carbocycles. The Morgan fingerprint density at radius 2 is 1.94 bits per heavy atom. The van der Waals surface area contributed by atoms with Gasteiger partial charge in [-0.15, -0.1) is 0 Å². The van der Waals surface area contributed by atoms with Gasteiger partial charge in [-0.05, 0) is 18.2 Å². The van der Waals surface area contributed by atoms with E-state index in [0.717, 1.165) is 15.8 Å². The van der Waals surface area contributed by atoms with Gasteiger partial charge in [0.1, 0.15) is 5.75 Å². The third-order valence-electron chi connectivity index (χ3n) is 2.70. The van der Waals surface area contributed by atoms with Crippen molar-refractivity contribution in [3.05, 3.63) is 28.2 Å². The summed E-state index contributed by atoms with van der Waals surface area (Å²) in [7, 11) is 1.65. The second-order valence-electron chi connectivity index (χ2n) is 5.00. The van der Waals surface area contributed by atoms with E-state index >= 15 is 0 Å². The first-order chi connectivity index (χ1) is 8.02. The molecule has 94 valence electrons. The minimum atomic E-state index is -0.338. The molecule has 17 heavy (non-hydrogen) atoms. The van der Waals surface area contributed by atoms with E-state index in [1.807, 2.05) is 18.2 Å². The molecule has 0 unspecified atom stereocenters. The van der Waals surface area contributed by atoms with Crippen molar-refractivity contribution in [2.75, 3.05) is 20.3 Å². The quantitative estimate of drug-likeness (QED) is 0.836. The first-order valence-corrected chi connectivity index (χ1v) is 6.38. The van der Waals surface area contributed by atoms with Crippen LogP contribution in [-0.4, -0.2) is 20.3 Å². The first kappa shape index (κ1) is 12.9. The van der Waals surface area contributed by atoms with Crippen molar-refractivity contribution in [1.82, 2.24) is 0 Å². The van der Waals surface area contributed by atoms with Gasteiger partial charge in [0, 0.05) is 9.89 Å². The molecule has 3 nitrogen and oxygen atoms in total. The summed E-state index contributed by atoms with van der Waals surface area (Å²) in [5.74, 6) is 0.790. The largest absolute Gasteiger partial charge is 0.496 e. The average Bonchev–Trinajstić information content (AvgIpc) is 2.29. The summed E-state index contributed by atoms with van der Waals surface area (Å²) in [5, 5.41) is 0. The van der Waals surface area contributed by atoms with Crippen LogP contribution in [0.1, 0.15) is 25.7 Å². The van der Waals surface area contributed by atoms with Crippen molar-refractivity contribution in [1.29, 1.82) is 0 Å². The highest BCUT2D eigenvalue weighted by molar-refractivity contribution is 9.10. The summed E-state index contributed by atoms with van der Waals surface area (Å²) in [6.45, 7) is 5.63. The highest BCUT2D eigenvalue weighted by Gasteiger charge is 2.30. The third-order valence-corrected chi connectivity index (χ3v) is 3.19. The summed E-state index contributed by atoms with van der Waals surface area (Å²) in [6.07, 6.45) is -0.338. The number of ether oxygens (including phenoxy) is 3. The molecular weight excluding hydrogens is 284 g/mol. The number of hydrogen-bond acceptors (Lipinski definition) is 3. The van der Waals surface area contributed by atoms with Crippen LogP contribution in [0.4, 0.5) is 0 Å². The number of hydrogen-bond donors (Lipinski definition) is 0. The van der Waals surface area contributed by atoms with E-state index in [1.54, 1.807) is 7.11 Å². The van der Waals surface area contributed by atoms with Crippen molar-refractivity contribution in [3.63, 3.8) is 0 Å². The molecule has 1 aromatic rings. The highest BCUT2D eigenvalue weighted by atomic mass is 79.9. The summed E-state index contributed by atoms with van der Waals surface area (Å²) in [4.78, 5) is 0. The molecule has 0 radical (unpaired) electrons. The van der Waals surface area contributed by atoms with Crippen molar-refractivity contribution in [2.24, 2.45) is 5.41 Å². The van der Waals surface area contributed by atoms with Crippen LogP contribution in [0.2, 0.25) is 0 Å². The van der Waals surface area contributed by atoms with Crippen LogP contribution in [0.5, 0.6) is 5.75 Å². The fourth-order valence-corrected chi connectivity index (χ4v) is 2.14. The minimum absolute atomic E-state index is 0.0791. The van der Waals surface area contributed by atoms with Crippen molar-refractivity contribution in [2.45, 2.75) is 20.1 Å². The molecule has 2 rings (SSSR count). The van der Waals surface area contributed by atoms with Crippen molar-refractivity contribution >= 4 is 15.9 Å².